The van der Waals surface area contributed by atoms with Gasteiger partial charge in [-0.05, 0) is 36.2 Å². The number of nitrogens with zero attached hydrogens (tertiary/aromatic N) is 2. The van der Waals surface area contributed by atoms with Crippen LogP contribution in [-0.2, 0) is 6.42 Å². The van der Waals surface area contributed by atoms with E-state index < -0.39 is 5.56 Å². The first-order valence-electron chi connectivity index (χ1n) is 7.92. The van der Waals surface area contributed by atoms with Crippen molar-refractivity contribution in [3.05, 3.63) is 92.3 Å². The van der Waals surface area contributed by atoms with Gasteiger partial charge >= 0.3 is 0 Å². The molecule has 0 atom stereocenters. The molecular formula is C19H15Cl2N3O2. The molecule has 0 unspecified atom stereocenters. The van der Waals surface area contributed by atoms with Gasteiger partial charge < -0.3 is 5.32 Å². The van der Waals surface area contributed by atoms with Gasteiger partial charge in [-0.2, -0.15) is 9.78 Å². The van der Waals surface area contributed by atoms with E-state index in [1.165, 1.54) is 6.20 Å². The molecule has 0 radical (unpaired) electrons. The molecule has 3 rings (SSSR count). The van der Waals surface area contributed by atoms with Gasteiger partial charge in [-0.3, -0.25) is 9.59 Å². The molecule has 7 heteroatoms. The van der Waals surface area contributed by atoms with Gasteiger partial charge in [0.1, 0.15) is 5.02 Å². The normalized spacial score (nSPS) is 10.5. The number of carbonyl (C=O) groups excluding carboxylic acids is 1. The zero-order valence-electron chi connectivity index (χ0n) is 13.7. The number of amides is 1. The third kappa shape index (κ3) is 4.12. The maximum absolute atomic E-state index is 12.2. The lowest BCUT2D eigenvalue weighted by atomic mass is 10.1. The Kier molecular flexibility index (Phi) is 5.71. The zero-order valence-corrected chi connectivity index (χ0v) is 15.2. The summed E-state index contributed by atoms with van der Waals surface area (Å²) in [6.45, 7) is 0.540. The molecule has 0 spiro atoms. The van der Waals surface area contributed by atoms with Crippen molar-refractivity contribution >= 4 is 29.1 Å². The smallest absolute Gasteiger partial charge is 0.291 e. The van der Waals surface area contributed by atoms with E-state index in [4.69, 9.17) is 23.2 Å². The topological polar surface area (TPSA) is 64.0 Å². The van der Waals surface area contributed by atoms with Gasteiger partial charge in [-0.1, -0.05) is 53.5 Å². The highest BCUT2D eigenvalue weighted by Gasteiger charge is 2.10. The summed E-state index contributed by atoms with van der Waals surface area (Å²) in [6, 6.07) is 16.4. The summed E-state index contributed by atoms with van der Waals surface area (Å²) in [5.74, 6) is -0.179. The van der Waals surface area contributed by atoms with Gasteiger partial charge in [-0.25, -0.2) is 0 Å². The van der Waals surface area contributed by atoms with E-state index >= 15 is 0 Å². The quantitative estimate of drug-likeness (QED) is 0.728. The number of hydrogen-bond acceptors (Lipinski definition) is 3. The molecule has 0 aliphatic heterocycles. The minimum absolute atomic E-state index is 0.0931. The highest BCUT2D eigenvalue weighted by molar-refractivity contribution is 6.41. The van der Waals surface area contributed by atoms with Gasteiger partial charge in [-0.15, -0.1) is 0 Å². The van der Waals surface area contributed by atoms with Gasteiger partial charge in [0.05, 0.1) is 16.9 Å². The standard InChI is InChI=1S/C19H15Cl2N3O2/c20-16-12-23-24(19(26)17(16)21)15-8-6-14(7-9-15)18(25)22-11-10-13-4-2-1-3-5-13/h1-9,12H,10-11H2,(H,22,25). The summed E-state index contributed by atoms with van der Waals surface area (Å²) in [6.07, 6.45) is 2.06. The number of aromatic nitrogens is 2. The molecular weight excluding hydrogens is 373 g/mol. The molecule has 3 aromatic rings. The van der Waals surface area contributed by atoms with Gasteiger partial charge in [0.25, 0.3) is 11.5 Å². The van der Waals surface area contributed by atoms with Crippen LogP contribution in [0.4, 0.5) is 0 Å². The minimum Gasteiger partial charge on any atom is -0.352 e. The van der Waals surface area contributed by atoms with Crippen molar-refractivity contribution in [3.63, 3.8) is 0 Å². The van der Waals surface area contributed by atoms with Crippen LogP contribution < -0.4 is 10.9 Å². The van der Waals surface area contributed by atoms with Crippen LogP contribution in [0.25, 0.3) is 5.69 Å². The Hall–Kier alpha value is -2.63. The Balaban J connectivity index is 1.66. The summed E-state index contributed by atoms with van der Waals surface area (Å²) in [4.78, 5) is 24.3. The Bertz CT molecular complexity index is 970. The van der Waals surface area contributed by atoms with Crippen LogP contribution in [0.3, 0.4) is 0 Å². The fourth-order valence-electron chi connectivity index (χ4n) is 2.42. The van der Waals surface area contributed by atoms with Crippen LogP contribution in [0.2, 0.25) is 10.0 Å². The molecule has 1 heterocycles. The molecule has 0 saturated carbocycles. The second-order valence-electron chi connectivity index (χ2n) is 5.56. The summed E-state index contributed by atoms with van der Waals surface area (Å²) >= 11 is 11.6. The third-order valence-corrected chi connectivity index (χ3v) is 4.54. The summed E-state index contributed by atoms with van der Waals surface area (Å²) < 4.78 is 1.13. The second kappa shape index (κ2) is 8.17. The average molecular weight is 388 g/mol. The van der Waals surface area contributed by atoms with E-state index in [2.05, 4.69) is 10.4 Å². The van der Waals surface area contributed by atoms with Gasteiger partial charge in [0.15, 0.2) is 0 Å². The minimum atomic E-state index is -0.515. The SMILES string of the molecule is O=C(NCCc1ccccc1)c1ccc(-n2ncc(Cl)c(Cl)c2=O)cc1. The molecule has 0 aliphatic rings. The molecule has 5 nitrogen and oxygen atoms in total. The fourth-order valence-corrected chi connectivity index (χ4v) is 2.67. The van der Waals surface area contributed by atoms with Crippen molar-refractivity contribution < 1.29 is 4.79 Å². The zero-order chi connectivity index (χ0) is 18.5. The first kappa shape index (κ1) is 18.2. The second-order valence-corrected chi connectivity index (χ2v) is 6.35. The maximum Gasteiger partial charge on any atom is 0.291 e. The molecule has 0 aliphatic carbocycles. The predicted octanol–water partition coefficient (Wildman–Crippen LogP) is 3.51. The number of hydrogen-bond donors (Lipinski definition) is 1. The van der Waals surface area contributed by atoms with E-state index in [1.54, 1.807) is 24.3 Å². The summed E-state index contributed by atoms with van der Waals surface area (Å²) in [5, 5.41) is 6.83. The van der Waals surface area contributed by atoms with Crippen LogP contribution in [0.1, 0.15) is 15.9 Å². The van der Waals surface area contributed by atoms with Gasteiger partial charge in [0.2, 0.25) is 0 Å². The molecule has 1 N–H and O–H groups in total. The Morgan fingerprint density at radius 2 is 1.73 bits per heavy atom. The molecule has 0 fully saturated rings. The van der Waals surface area contributed by atoms with E-state index in [0.717, 1.165) is 16.7 Å². The predicted molar refractivity (Wildman–Crippen MR) is 102 cm³/mol. The van der Waals surface area contributed by atoms with Crippen molar-refractivity contribution in [2.75, 3.05) is 6.54 Å². The first-order chi connectivity index (χ1) is 12.6. The van der Waals surface area contributed by atoms with Crippen LogP contribution >= 0.6 is 23.2 Å². The molecule has 2 aromatic carbocycles. The highest BCUT2D eigenvalue weighted by atomic mass is 35.5. The average Bonchev–Trinajstić information content (AvgIpc) is 2.67. The number of carbonyl (C=O) groups is 1. The van der Waals surface area contributed by atoms with Gasteiger partial charge in [0, 0.05) is 12.1 Å². The van der Waals surface area contributed by atoms with E-state index in [1.807, 2.05) is 30.3 Å². The lowest BCUT2D eigenvalue weighted by Gasteiger charge is -2.08. The van der Waals surface area contributed by atoms with Crippen molar-refractivity contribution in [2.24, 2.45) is 0 Å². The fraction of sp³-hybridized carbons (Fsp3) is 0.105. The van der Waals surface area contributed by atoms with E-state index in [9.17, 15) is 9.59 Å². The third-order valence-electron chi connectivity index (χ3n) is 3.79. The first-order valence-corrected chi connectivity index (χ1v) is 8.68. The molecule has 1 aromatic heterocycles. The van der Waals surface area contributed by atoms with E-state index in [0.29, 0.717) is 17.8 Å². The molecule has 0 bridgehead atoms. The largest absolute Gasteiger partial charge is 0.352 e. The van der Waals surface area contributed by atoms with Crippen molar-refractivity contribution in [3.8, 4) is 5.69 Å². The van der Waals surface area contributed by atoms with Crippen LogP contribution in [-0.4, -0.2) is 22.2 Å². The van der Waals surface area contributed by atoms with Crippen LogP contribution in [0, 0.1) is 0 Å². The Labute approximate surface area is 160 Å². The van der Waals surface area contributed by atoms with Crippen molar-refractivity contribution in [1.29, 1.82) is 0 Å². The Morgan fingerprint density at radius 1 is 1.04 bits per heavy atom. The molecule has 132 valence electrons. The molecule has 26 heavy (non-hydrogen) atoms. The van der Waals surface area contributed by atoms with E-state index in [-0.39, 0.29) is 16.0 Å². The number of rotatable bonds is 5. The summed E-state index contributed by atoms with van der Waals surface area (Å²) in [7, 11) is 0. The van der Waals surface area contributed by atoms with Crippen molar-refractivity contribution in [1.82, 2.24) is 15.1 Å². The molecule has 1 amide bonds. The molecule has 0 saturated heterocycles. The number of benzene rings is 2. The lowest BCUT2D eigenvalue weighted by molar-refractivity contribution is 0.0954. The maximum atomic E-state index is 12.2. The van der Waals surface area contributed by atoms with Crippen LogP contribution in [0.15, 0.2) is 65.6 Å². The van der Waals surface area contributed by atoms with Crippen LogP contribution in [0.5, 0.6) is 0 Å². The monoisotopic (exact) mass is 387 g/mol. The van der Waals surface area contributed by atoms with Crippen molar-refractivity contribution in [2.45, 2.75) is 6.42 Å². The Morgan fingerprint density at radius 3 is 2.42 bits per heavy atom. The number of halogens is 2. The number of nitrogens with one attached hydrogen (secondary N) is 1. The lowest BCUT2D eigenvalue weighted by Crippen LogP contribution is -2.26. The summed E-state index contributed by atoms with van der Waals surface area (Å²) in [5.41, 5.74) is 1.64. The highest BCUT2D eigenvalue weighted by Crippen LogP contribution is 2.16.